The number of nitrogens with two attached hydrogens (primary N) is 2. The number of sulfonamides is 2. The Morgan fingerprint density at radius 2 is 1.20 bits per heavy atom. The molecular weight excluding hydrogens is 708 g/mol. The molecule has 0 aromatic heterocycles. The minimum absolute atomic E-state index is 0.00678. The van der Waals surface area contributed by atoms with Gasteiger partial charge >= 0.3 is 0 Å². The first-order valence-electron chi connectivity index (χ1n) is 13.8. The highest BCUT2D eigenvalue weighted by molar-refractivity contribution is 9.10. The fraction of sp³-hybridized carbons (Fsp3) is 0.500. The quantitative estimate of drug-likeness (QED) is 0.261. The maximum absolute atomic E-state index is 14.4. The maximum Gasteiger partial charge on any atom is 0.226 e. The minimum atomic E-state index is -3.76. The number of likely N-dealkylation sites (N-methyl/N-ethyl adjacent to an activating group) is 2. The van der Waals surface area contributed by atoms with Gasteiger partial charge in [0.25, 0.3) is 0 Å². The molecule has 4 rings (SSSR count). The van der Waals surface area contributed by atoms with Crippen LogP contribution in [-0.4, -0.2) is 73.8 Å². The Balaban J connectivity index is 0.000000251. The first-order valence-corrected chi connectivity index (χ1v) is 17.5. The molecule has 252 valence electrons. The van der Waals surface area contributed by atoms with Gasteiger partial charge in [0.1, 0.15) is 43.9 Å². The van der Waals surface area contributed by atoms with E-state index >= 15 is 0 Å². The molecule has 46 heavy (non-hydrogen) atoms. The molecule has 0 saturated carbocycles. The summed E-state index contributed by atoms with van der Waals surface area (Å²) >= 11 is 3.30. The molecule has 2 aliphatic rings. The van der Waals surface area contributed by atoms with E-state index in [1.54, 1.807) is 26.0 Å². The molecule has 0 bridgehead atoms. The summed E-state index contributed by atoms with van der Waals surface area (Å²) in [6, 6.07) is 8.34. The predicted molar refractivity (Wildman–Crippen MR) is 179 cm³/mol. The fourth-order valence-corrected chi connectivity index (χ4v) is 8.58. The number of benzene rings is 2. The molecule has 2 aromatic carbocycles. The summed E-state index contributed by atoms with van der Waals surface area (Å²) in [6.07, 6.45) is 0. The van der Waals surface area contributed by atoms with Crippen LogP contribution in [0.3, 0.4) is 0 Å². The average molecular weight is 747 g/mol. The molecule has 0 amide bonds. The summed E-state index contributed by atoms with van der Waals surface area (Å²) in [5.74, 6) is -1.18. The second kappa shape index (κ2) is 12.5. The van der Waals surface area contributed by atoms with E-state index in [1.165, 1.54) is 64.3 Å². The number of hydrogen-bond donors (Lipinski definition) is 2. The second-order valence-corrected chi connectivity index (χ2v) is 18.7. The molecular formula is C28H38BrF2N9O4S2. The molecule has 2 heterocycles. The van der Waals surface area contributed by atoms with Crippen LogP contribution < -0.4 is 11.5 Å². The van der Waals surface area contributed by atoms with Crippen LogP contribution in [0.15, 0.2) is 56.0 Å². The summed E-state index contributed by atoms with van der Waals surface area (Å²) in [4.78, 5) is 11.4. The van der Waals surface area contributed by atoms with Gasteiger partial charge in [0, 0.05) is 53.4 Å². The normalized spacial score (nSPS) is 27.0. The number of amidine groups is 2. The Kier molecular flexibility index (Phi) is 10.1. The average Bonchev–Trinajstić information content (AvgIpc) is 3.01. The highest BCUT2D eigenvalue weighted by Crippen LogP contribution is 2.38. The zero-order valence-electron chi connectivity index (χ0n) is 26.7. The molecule has 0 radical (unpaired) electrons. The van der Waals surface area contributed by atoms with Gasteiger partial charge in [0.05, 0.1) is 0 Å². The molecule has 0 unspecified atom stereocenters. The number of azide groups is 1. The highest BCUT2D eigenvalue weighted by atomic mass is 79.9. The Morgan fingerprint density at radius 3 is 1.61 bits per heavy atom. The molecule has 18 heteroatoms. The number of rotatable bonds is 3. The zero-order chi connectivity index (χ0) is 35.3. The third-order valence-corrected chi connectivity index (χ3v) is 13.7. The van der Waals surface area contributed by atoms with Gasteiger partial charge in [-0.1, -0.05) is 21.0 Å². The van der Waals surface area contributed by atoms with E-state index in [2.05, 4.69) is 35.9 Å². The van der Waals surface area contributed by atoms with E-state index in [4.69, 9.17) is 17.0 Å². The van der Waals surface area contributed by atoms with Gasteiger partial charge in [0.2, 0.25) is 20.0 Å². The summed E-state index contributed by atoms with van der Waals surface area (Å²) in [5.41, 5.74) is 18.7. The number of halogens is 3. The van der Waals surface area contributed by atoms with E-state index in [1.807, 2.05) is 0 Å². The fourth-order valence-electron chi connectivity index (χ4n) is 5.19. The number of hydrogen-bond acceptors (Lipinski definition) is 9. The van der Waals surface area contributed by atoms with Gasteiger partial charge in [0.15, 0.2) is 0 Å². The van der Waals surface area contributed by atoms with Crippen LogP contribution >= 0.6 is 15.9 Å². The molecule has 2 aromatic rings. The lowest BCUT2D eigenvalue weighted by Gasteiger charge is -2.29. The van der Waals surface area contributed by atoms with Gasteiger partial charge in [-0.15, -0.1) is 0 Å². The van der Waals surface area contributed by atoms with Gasteiger partial charge in [-0.3, -0.25) is 9.98 Å². The zero-order valence-corrected chi connectivity index (χ0v) is 30.0. The molecule has 4 N–H and O–H groups in total. The number of aliphatic imine (C=N–C) groups is 2. The van der Waals surface area contributed by atoms with E-state index in [-0.39, 0.29) is 36.0 Å². The Hall–Kier alpha value is -3.15. The molecule has 0 fully saturated rings. The van der Waals surface area contributed by atoms with Crippen LogP contribution in [0.1, 0.15) is 52.7 Å². The number of nitrogens with zero attached hydrogens (tertiary/aromatic N) is 7. The molecule has 0 spiro atoms. The lowest BCUT2D eigenvalue weighted by molar-refractivity contribution is 0.354. The Morgan fingerprint density at radius 1 is 0.804 bits per heavy atom. The van der Waals surface area contributed by atoms with Crippen LogP contribution in [-0.2, 0) is 31.1 Å². The van der Waals surface area contributed by atoms with Crippen LogP contribution in [0, 0.1) is 11.6 Å². The standard InChI is InChI=1S/C14H19BrFN3O2S.C14H19FN6O2S/c1-13(2)12(17)18-14(3,8-19(4)22(13,20)21)10-7-9(15)5-6-11(10)16;1-13(2)12(16)18-14(3,8-21(4)24(13,22)23)10-7-9(19-20-17)5-6-11(10)15/h5-7H,8H2,1-4H3,(H2,17,18);5-7H,8H2,1-4H3,(H2,16,18)/t2*14-/m00/s1. The van der Waals surface area contributed by atoms with Gasteiger partial charge < -0.3 is 11.5 Å². The van der Waals surface area contributed by atoms with Crippen LogP contribution in [0.4, 0.5) is 14.5 Å². The summed E-state index contributed by atoms with van der Waals surface area (Å²) in [6.45, 7) is 9.08. The van der Waals surface area contributed by atoms with Crippen molar-refractivity contribution in [3.8, 4) is 0 Å². The van der Waals surface area contributed by atoms with Crippen molar-refractivity contribution in [3.05, 3.63) is 74.1 Å². The van der Waals surface area contributed by atoms with Crippen molar-refractivity contribution >= 4 is 53.3 Å². The largest absolute Gasteiger partial charge is 0.386 e. The van der Waals surface area contributed by atoms with E-state index in [0.717, 1.165) is 10.4 Å². The van der Waals surface area contributed by atoms with Crippen molar-refractivity contribution < 1.29 is 25.6 Å². The van der Waals surface area contributed by atoms with Crippen molar-refractivity contribution in [1.82, 2.24) is 8.61 Å². The van der Waals surface area contributed by atoms with E-state index in [0.29, 0.717) is 10.0 Å². The van der Waals surface area contributed by atoms with Gasteiger partial charge in [-0.05, 0) is 83.5 Å². The monoisotopic (exact) mass is 745 g/mol. The van der Waals surface area contributed by atoms with Crippen LogP contribution in [0.25, 0.3) is 10.4 Å². The van der Waals surface area contributed by atoms with Crippen LogP contribution in [0.2, 0.25) is 0 Å². The van der Waals surface area contributed by atoms with Gasteiger partial charge in [-0.2, -0.15) is 0 Å². The molecule has 13 nitrogen and oxygen atoms in total. The van der Waals surface area contributed by atoms with Crippen LogP contribution in [0.5, 0.6) is 0 Å². The Bertz CT molecular complexity index is 1880. The predicted octanol–water partition coefficient (Wildman–Crippen LogP) is 4.61. The van der Waals surface area contributed by atoms with E-state index < -0.39 is 52.3 Å². The SMILES string of the molecule is CN1C[C@@](C)(c2cc(Br)ccc2F)N=C(N)C(C)(C)S1(=O)=O.CN1C[C@@](C)(c2cc(N=[N+]=[N-])ccc2F)N=C(N)C(C)(C)S1(=O)=O. The lowest BCUT2D eigenvalue weighted by Crippen LogP contribution is -2.50. The first-order chi connectivity index (χ1) is 20.9. The summed E-state index contributed by atoms with van der Waals surface area (Å²) < 4.78 is 79.4. The van der Waals surface area contributed by atoms with Gasteiger partial charge in [-0.25, -0.2) is 34.2 Å². The third-order valence-electron chi connectivity index (χ3n) is 8.34. The Labute approximate surface area is 276 Å². The molecule has 0 aliphatic carbocycles. The topological polar surface area (TPSA) is 200 Å². The molecule has 2 atom stereocenters. The van der Waals surface area contributed by atoms with Crippen molar-refractivity contribution in [2.24, 2.45) is 26.6 Å². The van der Waals surface area contributed by atoms with Crippen molar-refractivity contribution in [3.63, 3.8) is 0 Å². The second-order valence-electron chi connectivity index (χ2n) is 12.6. The third kappa shape index (κ3) is 6.51. The summed E-state index contributed by atoms with van der Waals surface area (Å²) in [7, 11) is -4.59. The summed E-state index contributed by atoms with van der Waals surface area (Å²) in [5, 5.41) is 3.46. The lowest BCUT2D eigenvalue weighted by atomic mass is 9.91. The first kappa shape index (κ1) is 37.3. The highest BCUT2D eigenvalue weighted by Gasteiger charge is 2.49. The maximum atomic E-state index is 14.4. The van der Waals surface area contributed by atoms with Crippen molar-refractivity contribution in [1.29, 1.82) is 0 Å². The van der Waals surface area contributed by atoms with E-state index in [9.17, 15) is 25.6 Å². The molecule has 0 saturated heterocycles. The molecule has 2 aliphatic heterocycles. The minimum Gasteiger partial charge on any atom is -0.386 e. The van der Waals surface area contributed by atoms with Crippen molar-refractivity contribution in [2.75, 3.05) is 27.2 Å². The van der Waals surface area contributed by atoms with Crippen molar-refractivity contribution in [2.45, 2.75) is 62.1 Å². The smallest absolute Gasteiger partial charge is 0.226 e.